The Balaban J connectivity index is 2.05. The van der Waals surface area contributed by atoms with Gasteiger partial charge in [-0.2, -0.15) is 0 Å². The van der Waals surface area contributed by atoms with E-state index in [4.69, 9.17) is 9.73 Å². The maximum Gasteiger partial charge on any atom is 0.330 e. The molecule has 1 aliphatic carbocycles. The van der Waals surface area contributed by atoms with Crippen LogP contribution in [0.3, 0.4) is 0 Å². The molecule has 146 valence electrons. The van der Waals surface area contributed by atoms with Gasteiger partial charge in [0.05, 0.1) is 19.2 Å². The number of rotatable bonds is 7. The summed E-state index contributed by atoms with van der Waals surface area (Å²) in [5.41, 5.74) is 1.22. The van der Waals surface area contributed by atoms with Gasteiger partial charge in [-0.1, -0.05) is 60.7 Å². The van der Waals surface area contributed by atoms with Gasteiger partial charge < -0.3 is 4.74 Å². The van der Waals surface area contributed by atoms with Gasteiger partial charge in [0.25, 0.3) is 0 Å². The number of benzene rings is 2. The molecule has 0 saturated heterocycles. The van der Waals surface area contributed by atoms with E-state index in [1.807, 2.05) is 60.7 Å². The van der Waals surface area contributed by atoms with Gasteiger partial charge >= 0.3 is 5.97 Å². The zero-order valence-electron chi connectivity index (χ0n) is 15.9. The van der Waals surface area contributed by atoms with Gasteiger partial charge in [0, 0.05) is 28.9 Å². The molecule has 0 aromatic heterocycles. The molecule has 6 nitrogen and oxygen atoms in total. The Bertz CT molecular complexity index is 802. The van der Waals surface area contributed by atoms with Crippen molar-refractivity contribution in [3.05, 3.63) is 81.9 Å². The number of nitro groups is 1. The molecular weight excluding hydrogens is 356 g/mol. The number of esters is 1. The first-order valence-corrected chi connectivity index (χ1v) is 9.47. The van der Waals surface area contributed by atoms with E-state index in [0.29, 0.717) is 18.6 Å². The predicted molar refractivity (Wildman–Crippen MR) is 107 cm³/mol. The number of carbonyl (C=O) groups excluding carboxylic acids is 1. The van der Waals surface area contributed by atoms with Gasteiger partial charge in [0.15, 0.2) is 6.04 Å². The van der Waals surface area contributed by atoms with Crippen molar-refractivity contribution in [3.63, 3.8) is 0 Å². The highest BCUT2D eigenvalue weighted by molar-refractivity contribution is 6.13. The van der Waals surface area contributed by atoms with Crippen LogP contribution in [0.25, 0.3) is 0 Å². The maximum absolute atomic E-state index is 12.5. The first-order valence-electron chi connectivity index (χ1n) is 9.47. The summed E-state index contributed by atoms with van der Waals surface area (Å²) in [5.74, 6) is -0.544. The Labute approximate surface area is 164 Å². The van der Waals surface area contributed by atoms with Crippen molar-refractivity contribution in [2.24, 2.45) is 4.99 Å². The summed E-state index contributed by atoms with van der Waals surface area (Å²) in [4.78, 5) is 28.8. The number of hydrogen-bond donors (Lipinski definition) is 0. The summed E-state index contributed by atoms with van der Waals surface area (Å²) in [6.07, 6.45) is 2.57. The van der Waals surface area contributed by atoms with Crippen LogP contribution in [0.2, 0.25) is 0 Å². The van der Waals surface area contributed by atoms with Gasteiger partial charge in [-0.15, -0.1) is 0 Å². The number of carbonyl (C=O) groups is 1. The highest BCUT2D eigenvalue weighted by Gasteiger charge is 2.48. The lowest BCUT2D eigenvalue weighted by Crippen LogP contribution is -2.41. The van der Waals surface area contributed by atoms with E-state index in [1.165, 1.54) is 7.11 Å². The van der Waals surface area contributed by atoms with Crippen LogP contribution in [0, 0.1) is 10.1 Å². The van der Waals surface area contributed by atoms with Crippen LogP contribution >= 0.6 is 0 Å². The summed E-state index contributed by atoms with van der Waals surface area (Å²) < 4.78 is 4.95. The van der Waals surface area contributed by atoms with Crippen LogP contribution in [0.1, 0.15) is 43.2 Å². The van der Waals surface area contributed by atoms with E-state index in [0.717, 1.165) is 24.0 Å². The van der Waals surface area contributed by atoms with Crippen LogP contribution < -0.4 is 0 Å². The monoisotopic (exact) mass is 380 g/mol. The molecule has 3 rings (SSSR count). The van der Waals surface area contributed by atoms with Crippen LogP contribution in [0.4, 0.5) is 0 Å². The lowest BCUT2D eigenvalue weighted by molar-refractivity contribution is -0.569. The third kappa shape index (κ3) is 4.27. The second-order valence-corrected chi connectivity index (χ2v) is 7.14. The third-order valence-electron chi connectivity index (χ3n) is 5.35. The SMILES string of the molecule is COC(=O)C(CC1([N+](=O)[O-])CCCC1)N=C(c1ccccc1)c1ccccc1. The molecule has 2 aromatic carbocycles. The quantitative estimate of drug-likeness (QED) is 0.314. The summed E-state index contributed by atoms with van der Waals surface area (Å²) in [7, 11) is 1.29. The molecule has 0 radical (unpaired) electrons. The minimum absolute atomic E-state index is 0.0514. The van der Waals surface area contributed by atoms with Gasteiger partial charge in [0.2, 0.25) is 5.54 Å². The fraction of sp³-hybridized carbons (Fsp3) is 0.364. The van der Waals surface area contributed by atoms with Crippen LogP contribution in [-0.2, 0) is 9.53 Å². The van der Waals surface area contributed by atoms with E-state index >= 15 is 0 Å². The zero-order valence-corrected chi connectivity index (χ0v) is 15.9. The smallest absolute Gasteiger partial charge is 0.330 e. The average Bonchev–Trinajstić information content (AvgIpc) is 3.22. The van der Waals surface area contributed by atoms with E-state index < -0.39 is 17.6 Å². The lowest BCUT2D eigenvalue weighted by Gasteiger charge is -2.23. The largest absolute Gasteiger partial charge is 0.467 e. The highest BCUT2D eigenvalue weighted by Crippen LogP contribution is 2.37. The molecule has 1 atom stereocenters. The first kappa shape index (κ1) is 19.7. The van der Waals surface area contributed by atoms with Crippen molar-refractivity contribution in [1.82, 2.24) is 0 Å². The Hall–Kier alpha value is -3.02. The van der Waals surface area contributed by atoms with Crippen molar-refractivity contribution < 1.29 is 14.5 Å². The van der Waals surface area contributed by atoms with Crippen LogP contribution in [-0.4, -0.2) is 35.3 Å². The predicted octanol–water partition coefficient (Wildman–Crippen LogP) is 4.05. The maximum atomic E-state index is 12.5. The van der Waals surface area contributed by atoms with E-state index in [9.17, 15) is 14.9 Å². The molecule has 1 fully saturated rings. The van der Waals surface area contributed by atoms with E-state index in [-0.39, 0.29) is 11.3 Å². The summed E-state index contributed by atoms with van der Waals surface area (Å²) in [5, 5.41) is 11.8. The number of ether oxygens (including phenoxy) is 1. The summed E-state index contributed by atoms with van der Waals surface area (Å²) in [6.45, 7) is 0. The second-order valence-electron chi connectivity index (χ2n) is 7.14. The zero-order chi connectivity index (χ0) is 20.0. The molecular formula is C22H24N2O4. The molecule has 28 heavy (non-hydrogen) atoms. The topological polar surface area (TPSA) is 81.8 Å². The molecule has 1 saturated carbocycles. The second kappa shape index (κ2) is 8.78. The van der Waals surface area contributed by atoms with Crippen LogP contribution in [0.5, 0.6) is 0 Å². The van der Waals surface area contributed by atoms with E-state index in [1.54, 1.807) is 0 Å². The minimum atomic E-state index is -1.11. The van der Waals surface area contributed by atoms with Crippen molar-refractivity contribution in [3.8, 4) is 0 Å². The Morgan fingerprint density at radius 1 is 1.07 bits per heavy atom. The Morgan fingerprint density at radius 3 is 2.00 bits per heavy atom. The number of hydrogen-bond acceptors (Lipinski definition) is 5. The van der Waals surface area contributed by atoms with Gasteiger partial charge in [-0.3, -0.25) is 15.1 Å². The Kier molecular flexibility index (Phi) is 6.19. The van der Waals surface area contributed by atoms with Gasteiger partial charge in [-0.05, 0) is 12.8 Å². The normalized spacial score (nSPS) is 16.2. The summed E-state index contributed by atoms with van der Waals surface area (Å²) in [6, 6.07) is 18.1. The highest BCUT2D eigenvalue weighted by atomic mass is 16.6. The van der Waals surface area contributed by atoms with Gasteiger partial charge in [-0.25, -0.2) is 4.79 Å². The van der Waals surface area contributed by atoms with E-state index in [2.05, 4.69) is 0 Å². The Morgan fingerprint density at radius 2 is 1.57 bits per heavy atom. The molecule has 0 heterocycles. The summed E-state index contributed by atoms with van der Waals surface area (Å²) >= 11 is 0. The molecule has 0 amide bonds. The van der Waals surface area contributed by atoms with Crippen LogP contribution in [0.15, 0.2) is 65.7 Å². The molecule has 0 spiro atoms. The van der Waals surface area contributed by atoms with Crippen molar-refractivity contribution in [2.75, 3.05) is 7.11 Å². The molecule has 6 heteroatoms. The number of nitrogens with zero attached hydrogens (tertiary/aromatic N) is 2. The van der Waals surface area contributed by atoms with Crippen molar-refractivity contribution >= 4 is 11.7 Å². The number of aliphatic imine (C=N–C) groups is 1. The molecule has 2 aromatic rings. The minimum Gasteiger partial charge on any atom is -0.467 e. The lowest BCUT2D eigenvalue weighted by atomic mass is 9.89. The standard InChI is InChI=1S/C22H24N2O4/c1-28-21(25)19(16-22(24(26)27)14-8-9-15-22)23-20(17-10-4-2-5-11-17)18-12-6-3-7-13-18/h2-7,10-13,19H,8-9,14-16H2,1H3. The van der Waals surface area contributed by atoms with Gasteiger partial charge in [0.1, 0.15) is 0 Å². The molecule has 0 N–H and O–H groups in total. The molecule has 0 bridgehead atoms. The molecule has 1 aliphatic rings. The fourth-order valence-corrected chi connectivity index (χ4v) is 3.84. The first-order chi connectivity index (χ1) is 13.6. The van der Waals surface area contributed by atoms with Crippen molar-refractivity contribution in [2.45, 2.75) is 43.7 Å². The number of methoxy groups -OCH3 is 1. The molecule has 1 unspecified atom stereocenters. The third-order valence-corrected chi connectivity index (χ3v) is 5.35. The fourth-order valence-electron chi connectivity index (χ4n) is 3.84. The average molecular weight is 380 g/mol. The van der Waals surface area contributed by atoms with Crippen molar-refractivity contribution in [1.29, 1.82) is 0 Å². The molecule has 0 aliphatic heterocycles.